The number of hydrogen-bond donors (Lipinski definition) is 2. The summed E-state index contributed by atoms with van der Waals surface area (Å²) >= 11 is 0. The number of benzene rings is 2. The number of unbranched alkanes of at least 4 members (excludes halogenated alkanes) is 2. The molecule has 0 bridgehead atoms. The van der Waals surface area contributed by atoms with Gasteiger partial charge >= 0.3 is 5.97 Å². The molecule has 0 radical (unpaired) electrons. The summed E-state index contributed by atoms with van der Waals surface area (Å²) in [6.07, 6.45) is 2.99. The van der Waals surface area contributed by atoms with Crippen molar-refractivity contribution in [1.82, 2.24) is 4.31 Å². The summed E-state index contributed by atoms with van der Waals surface area (Å²) in [6, 6.07) is 17.5. The van der Waals surface area contributed by atoms with E-state index in [0.29, 0.717) is 30.6 Å². The number of carbonyl (C=O) groups is 2. The highest BCUT2D eigenvalue weighted by Gasteiger charge is 2.39. The summed E-state index contributed by atoms with van der Waals surface area (Å²) in [5, 5.41) is 8.61. The summed E-state index contributed by atoms with van der Waals surface area (Å²) in [6.45, 7) is 0.355. The summed E-state index contributed by atoms with van der Waals surface area (Å²) in [7, 11) is -3.57. The van der Waals surface area contributed by atoms with E-state index in [0.717, 1.165) is 15.9 Å². The fraction of sp³-hybridized carbons (Fsp3) is 0.261. The van der Waals surface area contributed by atoms with Crippen LogP contribution in [0.3, 0.4) is 0 Å². The van der Waals surface area contributed by atoms with Gasteiger partial charge in [0.1, 0.15) is 12.4 Å². The first-order chi connectivity index (χ1) is 15.4. The van der Waals surface area contributed by atoms with Gasteiger partial charge in [-0.15, -0.1) is 0 Å². The van der Waals surface area contributed by atoms with Gasteiger partial charge in [-0.1, -0.05) is 47.5 Å². The van der Waals surface area contributed by atoms with Crippen LogP contribution in [0.5, 0.6) is 5.75 Å². The normalized spacial score (nSPS) is 15.6. The van der Waals surface area contributed by atoms with Crippen molar-refractivity contribution in [2.45, 2.75) is 32.3 Å². The Morgan fingerprint density at radius 3 is 2.44 bits per heavy atom. The molecule has 2 N–H and O–H groups in total. The van der Waals surface area contributed by atoms with Gasteiger partial charge in [-0.25, -0.2) is 4.31 Å². The van der Waals surface area contributed by atoms with Crippen LogP contribution in [-0.4, -0.2) is 31.8 Å². The lowest BCUT2D eigenvalue weighted by Crippen LogP contribution is -2.29. The van der Waals surface area contributed by atoms with E-state index in [-0.39, 0.29) is 30.6 Å². The molecule has 32 heavy (non-hydrogen) atoms. The van der Waals surface area contributed by atoms with Crippen molar-refractivity contribution in [1.29, 1.82) is 5.26 Å². The average molecular weight is 457 g/mol. The zero-order valence-corrected chi connectivity index (χ0v) is 18.2. The van der Waals surface area contributed by atoms with Crippen molar-refractivity contribution in [3.63, 3.8) is 0 Å². The van der Waals surface area contributed by atoms with Crippen LogP contribution in [0.15, 0.2) is 65.8 Å². The molecule has 0 aliphatic carbocycles. The third-order valence-corrected chi connectivity index (χ3v) is 6.47. The first-order valence-corrected chi connectivity index (χ1v) is 11.6. The van der Waals surface area contributed by atoms with E-state index in [1.54, 1.807) is 0 Å². The average Bonchev–Trinajstić information content (AvgIpc) is 3.01. The molecule has 0 aromatic heterocycles. The maximum absolute atomic E-state index is 12.2. The highest BCUT2D eigenvalue weighted by molar-refractivity contribution is 8.26. The first-order valence-electron chi connectivity index (χ1n) is 10.1. The number of hydrogen-bond acceptors (Lipinski definition) is 7. The topological polar surface area (TPSA) is 120 Å². The van der Waals surface area contributed by atoms with Crippen molar-refractivity contribution in [3.05, 3.63) is 76.9 Å². The molecule has 0 spiro atoms. The number of esters is 1. The maximum atomic E-state index is 12.2. The molecule has 1 aliphatic heterocycles. The maximum Gasteiger partial charge on any atom is 0.306 e. The van der Waals surface area contributed by atoms with E-state index in [4.69, 9.17) is 14.7 Å². The first kappa shape index (κ1) is 23.3. The van der Waals surface area contributed by atoms with Crippen LogP contribution in [0.25, 0.3) is 0 Å². The molecule has 1 heterocycles. The molecule has 9 heteroatoms. The SMILES string of the molecule is N#Cc1ccc(OC2=CC(=O)N(CCCCCC(=O)OCc3ccccc3)S2(O)O)cc1. The van der Waals surface area contributed by atoms with Crippen molar-refractivity contribution in [2.75, 3.05) is 6.54 Å². The molecule has 0 unspecified atom stereocenters. The second-order valence-electron chi connectivity index (χ2n) is 7.12. The van der Waals surface area contributed by atoms with Gasteiger partial charge in [0, 0.05) is 13.0 Å². The Labute approximate surface area is 188 Å². The molecule has 168 valence electrons. The van der Waals surface area contributed by atoms with Crippen molar-refractivity contribution in [2.24, 2.45) is 0 Å². The molecule has 1 aliphatic rings. The third-order valence-electron chi connectivity index (χ3n) is 4.75. The Kier molecular flexibility index (Phi) is 7.89. The number of carbonyl (C=O) groups excluding carboxylic acids is 2. The van der Waals surface area contributed by atoms with E-state index >= 15 is 0 Å². The van der Waals surface area contributed by atoms with Gasteiger partial charge < -0.3 is 9.47 Å². The van der Waals surface area contributed by atoms with Crippen molar-refractivity contribution in [3.8, 4) is 11.8 Å². The Bertz CT molecular complexity index is 1020. The summed E-state index contributed by atoms with van der Waals surface area (Å²) < 4.78 is 32.7. The molecular formula is C23H24N2O6S. The minimum Gasteiger partial charge on any atom is -0.461 e. The molecule has 2 aromatic carbocycles. The number of ether oxygens (including phenoxy) is 2. The van der Waals surface area contributed by atoms with Crippen LogP contribution in [0.4, 0.5) is 0 Å². The van der Waals surface area contributed by atoms with Gasteiger partial charge in [0.25, 0.3) is 5.91 Å². The van der Waals surface area contributed by atoms with Gasteiger partial charge in [-0.3, -0.25) is 18.7 Å². The summed E-state index contributed by atoms with van der Waals surface area (Å²) in [4.78, 5) is 24.1. The lowest BCUT2D eigenvalue weighted by molar-refractivity contribution is -0.145. The molecular weight excluding hydrogens is 432 g/mol. The highest BCUT2D eigenvalue weighted by Crippen LogP contribution is 2.55. The molecule has 0 saturated heterocycles. The molecule has 1 amide bonds. The summed E-state index contributed by atoms with van der Waals surface area (Å²) in [5.74, 6) is -0.551. The van der Waals surface area contributed by atoms with Crippen LogP contribution in [0, 0.1) is 11.3 Å². The lowest BCUT2D eigenvalue weighted by atomic mass is 10.2. The largest absolute Gasteiger partial charge is 0.461 e. The predicted octanol–water partition coefficient (Wildman–Crippen LogP) is 4.59. The Morgan fingerprint density at radius 2 is 1.75 bits per heavy atom. The molecule has 2 aromatic rings. The Balaban J connectivity index is 1.40. The second-order valence-corrected chi connectivity index (χ2v) is 9.00. The van der Waals surface area contributed by atoms with Crippen LogP contribution in [0.2, 0.25) is 0 Å². The predicted molar refractivity (Wildman–Crippen MR) is 119 cm³/mol. The van der Waals surface area contributed by atoms with E-state index in [1.165, 1.54) is 24.3 Å². The minimum absolute atomic E-state index is 0.122. The van der Waals surface area contributed by atoms with Crippen LogP contribution in [0.1, 0.15) is 36.8 Å². The van der Waals surface area contributed by atoms with Crippen molar-refractivity contribution >= 4 is 22.7 Å². The zero-order valence-electron chi connectivity index (χ0n) is 17.3. The van der Waals surface area contributed by atoms with Crippen LogP contribution >= 0.6 is 10.8 Å². The molecule has 0 atom stereocenters. The Morgan fingerprint density at radius 1 is 1.03 bits per heavy atom. The quantitative estimate of drug-likeness (QED) is 0.396. The van der Waals surface area contributed by atoms with Gasteiger partial charge in [0.15, 0.2) is 0 Å². The lowest BCUT2D eigenvalue weighted by Gasteiger charge is -2.37. The summed E-state index contributed by atoms with van der Waals surface area (Å²) in [5.41, 5.74) is 1.36. The third kappa shape index (κ3) is 6.11. The fourth-order valence-corrected chi connectivity index (χ4v) is 4.41. The minimum atomic E-state index is -3.57. The second kappa shape index (κ2) is 10.8. The van der Waals surface area contributed by atoms with Gasteiger partial charge in [0.05, 0.1) is 17.7 Å². The van der Waals surface area contributed by atoms with E-state index in [9.17, 15) is 18.7 Å². The van der Waals surface area contributed by atoms with Gasteiger partial charge in [-0.2, -0.15) is 5.26 Å². The van der Waals surface area contributed by atoms with Gasteiger partial charge in [-0.05, 0) is 42.7 Å². The molecule has 8 nitrogen and oxygen atoms in total. The molecule has 3 rings (SSSR count). The Hall–Kier alpha value is -3.32. The standard InChI is InChI=1S/C23H24N2O6S/c24-16-18-10-12-20(13-11-18)31-23-15-21(26)25(32(23,28)29)14-6-2-5-9-22(27)30-17-19-7-3-1-4-8-19/h1,3-4,7-8,10-13,15,28-29H,2,5-6,9,14,17H2. The number of nitrogens with zero attached hydrogens (tertiary/aromatic N) is 2. The van der Waals surface area contributed by atoms with Crippen LogP contribution < -0.4 is 4.74 Å². The smallest absolute Gasteiger partial charge is 0.306 e. The van der Waals surface area contributed by atoms with E-state index in [2.05, 4.69) is 0 Å². The molecule has 0 saturated carbocycles. The van der Waals surface area contributed by atoms with E-state index in [1.807, 2.05) is 36.4 Å². The molecule has 0 fully saturated rings. The monoisotopic (exact) mass is 456 g/mol. The number of amides is 1. The van der Waals surface area contributed by atoms with Crippen molar-refractivity contribution < 1.29 is 28.2 Å². The number of nitriles is 1. The number of rotatable bonds is 10. The highest BCUT2D eigenvalue weighted by atomic mass is 32.3. The van der Waals surface area contributed by atoms with Crippen LogP contribution in [-0.2, 0) is 20.9 Å². The van der Waals surface area contributed by atoms with Gasteiger partial charge in [0.2, 0.25) is 5.09 Å². The fourth-order valence-electron chi connectivity index (χ4n) is 3.03. The van der Waals surface area contributed by atoms with E-state index < -0.39 is 16.7 Å². The zero-order chi connectivity index (χ0) is 23.0.